The van der Waals surface area contributed by atoms with E-state index in [9.17, 15) is 9.59 Å². The van der Waals surface area contributed by atoms with Crippen molar-refractivity contribution < 1.29 is 9.59 Å². The Balaban J connectivity index is 2.71. The highest BCUT2D eigenvalue weighted by molar-refractivity contribution is 7.98. The minimum Gasteiger partial charge on any atom is -0.353 e. The summed E-state index contributed by atoms with van der Waals surface area (Å²) in [5.41, 5.74) is 0.805. The summed E-state index contributed by atoms with van der Waals surface area (Å²) < 4.78 is 0. The number of anilines is 1. The molecule has 0 bridgehead atoms. The molecule has 0 saturated carbocycles. The third kappa shape index (κ3) is 6.23. The number of likely N-dealkylation sites (N-methyl/N-ethyl adjacent to an activating group) is 1. The molecule has 0 saturated heterocycles. The Bertz CT molecular complexity index is 534. The molecule has 6 heteroatoms. The second-order valence-corrected chi connectivity index (χ2v) is 6.50. The van der Waals surface area contributed by atoms with Crippen molar-refractivity contribution in [2.75, 3.05) is 24.7 Å². The first-order valence-electron chi connectivity index (χ1n) is 7.86. The number of nitrogens with zero attached hydrogens (tertiary/aromatic N) is 1. The number of amides is 2. The van der Waals surface area contributed by atoms with Crippen molar-refractivity contribution in [2.45, 2.75) is 44.7 Å². The Morgan fingerprint density at radius 2 is 1.87 bits per heavy atom. The van der Waals surface area contributed by atoms with Gasteiger partial charge >= 0.3 is 0 Å². The molecule has 1 rings (SSSR count). The number of thioether (sulfide) groups is 1. The summed E-state index contributed by atoms with van der Waals surface area (Å²) in [7, 11) is 0. The summed E-state index contributed by atoms with van der Waals surface area (Å²) >= 11 is 1.59. The Kier molecular flexibility index (Phi) is 8.12. The highest BCUT2D eigenvalue weighted by Crippen LogP contribution is 2.24. The quantitative estimate of drug-likeness (QED) is 0.716. The van der Waals surface area contributed by atoms with Crippen LogP contribution in [0.15, 0.2) is 29.2 Å². The fourth-order valence-electron chi connectivity index (χ4n) is 2.23. The number of para-hydroxylation sites is 1. The standard InChI is InChI=1S/C17H27N3O2S/c1-6-20(11-16(21)18-12(2)3)13(4)17(22)19-14-9-7-8-10-15(14)23-5/h7-10,12-13H,6,11H2,1-5H3,(H,18,21)(H,19,22)/t13-/m1/s1. The largest absolute Gasteiger partial charge is 0.353 e. The zero-order valence-corrected chi connectivity index (χ0v) is 15.4. The smallest absolute Gasteiger partial charge is 0.241 e. The molecule has 1 aromatic rings. The molecule has 5 nitrogen and oxygen atoms in total. The van der Waals surface area contributed by atoms with Crippen LogP contribution in [0.4, 0.5) is 5.69 Å². The van der Waals surface area contributed by atoms with Gasteiger partial charge in [0.15, 0.2) is 0 Å². The molecule has 128 valence electrons. The van der Waals surface area contributed by atoms with Crippen molar-refractivity contribution in [1.82, 2.24) is 10.2 Å². The van der Waals surface area contributed by atoms with Gasteiger partial charge in [-0.15, -0.1) is 11.8 Å². The number of benzene rings is 1. The highest BCUT2D eigenvalue weighted by atomic mass is 32.2. The molecular weight excluding hydrogens is 310 g/mol. The summed E-state index contributed by atoms with van der Waals surface area (Å²) in [6, 6.07) is 7.41. The van der Waals surface area contributed by atoms with Crippen molar-refractivity contribution in [2.24, 2.45) is 0 Å². The lowest BCUT2D eigenvalue weighted by Crippen LogP contribution is -2.47. The van der Waals surface area contributed by atoms with Gasteiger partial charge in [0.2, 0.25) is 11.8 Å². The molecule has 0 aromatic heterocycles. The molecule has 0 spiro atoms. The van der Waals surface area contributed by atoms with E-state index in [1.165, 1.54) is 0 Å². The van der Waals surface area contributed by atoms with Crippen LogP contribution in [-0.4, -0.2) is 48.1 Å². The first-order chi connectivity index (χ1) is 10.9. The maximum Gasteiger partial charge on any atom is 0.241 e. The van der Waals surface area contributed by atoms with E-state index in [0.29, 0.717) is 6.54 Å². The minimum atomic E-state index is -0.382. The molecule has 0 aliphatic carbocycles. The van der Waals surface area contributed by atoms with Gasteiger partial charge in [0, 0.05) is 10.9 Å². The average Bonchev–Trinajstić information content (AvgIpc) is 2.51. The Hall–Kier alpha value is -1.53. The van der Waals surface area contributed by atoms with Gasteiger partial charge in [0.1, 0.15) is 0 Å². The predicted molar refractivity (Wildman–Crippen MR) is 96.8 cm³/mol. The first-order valence-corrected chi connectivity index (χ1v) is 9.08. The van der Waals surface area contributed by atoms with E-state index in [0.717, 1.165) is 10.6 Å². The van der Waals surface area contributed by atoms with E-state index in [1.54, 1.807) is 11.8 Å². The van der Waals surface area contributed by atoms with E-state index >= 15 is 0 Å². The lowest BCUT2D eigenvalue weighted by Gasteiger charge is -2.27. The molecule has 1 atom stereocenters. The van der Waals surface area contributed by atoms with Gasteiger partial charge in [-0.1, -0.05) is 19.1 Å². The molecule has 1 aromatic carbocycles. The van der Waals surface area contributed by atoms with Gasteiger partial charge < -0.3 is 10.6 Å². The predicted octanol–water partition coefficient (Wildman–Crippen LogP) is 2.58. The Morgan fingerprint density at radius 3 is 2.43 bits per heavy atom. The van der Waals surface area contributed by atoms with Gasteiger partial charge in [-0.2, -0.15) is 0 Å². The van der Waals surface area contributed by atoms with Crippen LogP contribution in [0.5, 0.6) is 0 Å². The maximum absolute atomic E-state index is 12.5. The van der Waals surface area contributed by atoms with Crippen LogP contribution >= 0.6 is 11.8 Å². The number of carbonyl (C=O) groups excluding carboxylic acids is 2. The normalized spacial score (nSPS) is 12.3. The van der Waals surface area contributed by atoms with Crippen molar-refractivity contribution in [3.63, 3.8) is 0 Å². The van der Waals surface area contributed by atoms with Crippen LogP contribution in [0, 0.1) is 0 Å². The second-order valence-electron chi connectivity index (χ2n) is 5.65. The van der Waals surface area contributed by atoms with Crippen LogP contribution in [0.25, 0.3) is 0 Å². The number of nitrogens with one attached hydrogen (secondary N) is 2. The van der Waals surface area contributed by atoms with E-state index in [2.05, 4.69) is 10.6 Å². The lowest BCUT2D eigenvalue weighted by atomic mass is 10.2. The number of hydrogen-bond donors (Lipinski definition) is 2. The summed E-state index contributed by atoms with van der Waals surface area (Å²) in [6.45, 7) is 8.45. The molecule has 23 heavy (non-hydrogen) atoms. The SMILES string of the molecule is CCN(CC(=O)NC(C)C)[C@H](C)C(=O)Nc1ccccc1SC. The number of carbonyl (C=O) groups is 2. The van der Waals surface area contributed by atoms with E-state index in [4.69, 9.17) is 0 Å². The third-order valence-corrected chi connectivity index (χ3v) is 4.29. The molecule has 0 unspecified atom stereocenters. The second kappa shape index (κ2) is 9.57. The number of rotatable bonds is 8. The molecular formula is C17H27N3O2S. The summed E-state index contributed by atoms with van der Waals surface area (Å²) in [5, 5.41) is 5.81. The zero-order valence-electron chi connectivity index (χ0n) is 14.6. The van der Waals surface area contributed by atoms with Gasteiger partial charge in [0.25, 0.3) is 0 Å². The van der Waals surface area contributed by atoms with Gasteiger partial charge in [-0.25, -0.2) is 0 Å². The summed E-state index contributed by atoms with van der Waals surface area (Å²) in [4.78, 5) is 27.3. The molecule has 2 N–H and O–H groups in total. The van der Waals surface area contributed by atoms with Gasteiger partial charge in [0.05, 0.1) is 18.3 Å². The highest BCUT2D eigenvalue weighted by Gasteiger charge is 2.22. The summed E-state index contributed by atoms with van der Waals surface area (Å²) in [6.07, 6.45) is 1.98. The first kappa shape index (κ1) is 19.5. The van der Waals surface area contributed by atoms with Crippen LogP contribution in [-0.2, 0) is 9.59 Å². The molecule has 0 fully saturated rings. The van der Waals surface area contributed by atoms with E-state index in [-0.39, 0.29) is 30.4 Å². The van der Waals surface area contributed by atoms with Gasteiger partial charge in [-0.3, -0.25) is 14.5 Å². The molecule has 0 aliphatic heterocycles. The topological polar surface area (TPSA) is 61.4 Å². The van der Waals surface area contributed by atoms with Gasteiger partial charge in [-0.05, 0) is 45.7 Å². The molecule has 0 aliphatic rings. The van der Waals surface area contributed by atoms with E-state index in [1.807, 2.05) is 63.1 Å². The fourth-order valence-corrected chi connectivity index (χ4v) is 2.78. The van der Waals surface area contributed by atoms with Crippen LogP contribution < -0.4 is 10.6 Å². The van der Waals surface area contributed by atoms with Crippen LogP contribution in [0.1, 0.15) is 27.7 Å². The monoisotopic (exact) mass is 337 g/mol. The van der Waals surface area contributed by atoms with Crippen molar-refractivity contribution in [3.05, 3.63) is 24.3 Å². The average molecular weight is 337 g/mol. The van der Waals surface area contributed by atoms with E-state index < -0.39 is 0 Å². The Labute approximate surface area is 143 Å². The number of hydrogen-bond acceptors (Lipinski definition) is 4. The molecule has 0 radical (unpaired) electrons. The van der Waals surface area contributed by atoms with Crippen molar-refractivity contribution >= 4 is 29.3 Å². The minimum absolute atomic E-state index is 0.0639. The molecule has 0 heterocycles. The Morgan fingerprint density at radius 1 is 1.22 bits per heavy atom. The van der Waals surface area contributed by atoms with Crippen molar-refractivity contribution in [1.29, 1.82) is 0 Å². The zero-order chi connectivity index (χ0) is 17.4. The molecule has 2 amide bonds. The van der Waals surface area contributed by atoms with Crippen LogP contribution in [0.2, 0.25) is 0 Å². The summed E-state index contributed by atoms with van der Waals surface area (Å²) in [5.74, 6) is -0.170. The maximum atomic E-state index is 12.5. The third-order valence-electron chi connectivity index (χ3n) is 3.49. The fraction of sp³-hybridized carbons (Fsp3) is 0.529. The van der Waals surface area contributed by atoms with Crippen molar-refractivity contribution in [3.8, 4) is 0 Å². The van der Waals surface area contributed by atoms with Crippen LogP contribution in [0.3, 0.4) is 0 Å². The lowest BCUT2D eigenvalue weighted by molar-refractivity contribution is -0.125.